The van der Waals surface area contributed by atoms with E-state index < -0.39 is 0 Å². The van der Waals surface area contributed by atoms with Crippen LogP contribution in [0.4, 0.5) is 0 Å². The lowest BCUT2D eigenvalue weighted by Gasteiger charge is -2.25. The topological polar surface area (TPSA) is 64.7 Å². The summed E-state index contributed by atoms with van der Waals surface area (Å²) in [6, 6.07) is 0.533. The zero-order valence-electron chi connectivity index (χ0n) is 14.3. The van der Waals surface area contributed by atoms with Crippen molar-refractivity contribution in [2.45, 2.75) is 58.5 Å². The molecule has 3 rings (SSSR count). The second-order valence-corrected chi connectivity index (χ2v) is 6.65. The molecule has 1 fully saturated rings. The number of aromatic nitrogens is 4. The Morgan fingerprint density at radius 2 is 2.17 bits per heavy atom. The first-order chi connectivity index (χ1) is 11.0. The van der Waals surface area contributed by atoms with Crippen LogP contribution < -0.4 is 5.32 Å². The van der Waals surface area contributed by atoms with E-state index in [2.05, 4.69) is 22.4 Å². The Bertz CT molecular complexity index is 711. The molecule has 0 radical (unpaired) electrons. The van der Waals surface area contributed by atoms with E-state index in [0.717, 1.165) is 17.8 Å². The number of nitrogens with zero attached hydrogens (tertiary/aromatic N) is 4. The minimum atomic E-state index is -0.0535. The Morgan fingerprint density at radius 1 is 1.43 bits per heavy atom. The third kappa shape index (κ3) is 3.16. The molecule has 1 saturated carbocycles. The van der Waals surface area contributed by atoms with Gasteiger partial charge in [-0.2, -0.15) is 10.2 Å². The largest absolute Gasteiger partial charge is 0.349 e. The summed E-state index contributed by atoms with van der Waals surface area (Å²) in [4.78, 5) is 12.4. The molecular weight excluding hydrogens is 290 g/mol. The molecule has 0 bridgehead atoms. The number of rotatable bonds is 5. The smallest absolute Gasteiger partial charge is 0.254 e. The van der Waals surface area contributed by atoms with Gasteiger partial charge in [-0.1, -0.05) is 0 Å². The summed E-state index contributed by atoms with van der Waals surface area (Å²) in [6.45, 7) is 6.10. The number of carbonyl (C=O) groups is 1. The minimum absolute atomic E-state index is 0.0520. The molecule has 1 aliphatic carbocycles. The van der Waals surface area contributed by atoms with Gasteiger partial charge in [0, 0.05) is 25.0 Å². The highest BCUT2D eigenvalue weighted by Crippen LogP contribution is 2.30. The number of aryl methyl sites for hydroxylation is 2. The summed E-state index contributed by atoms with van der Waals surface area (Å²) in [5, 5.41) is 11.8. The van der Waals surface area contributed by atoms with Gasteiger partial charge in [0.2, 0.25) is 0 Å². The number of hydrogen-bond donors (Lipinski definition) is 1. The molecule has 23 heavy (non-hydrogen) atoms. The van der Waals surface area contributed by atoms with Crippen LogP contribution in [0.25, 0.3) is 0 Å². The molecule has 2 heterocycles. The van der Waals surface area contributed by atoms with Crippen molar-refractivity contribution in [2.75, 3.05) is 0 Å². The number of hydrogen-bond acceptors (Lipinski definition) is 3. The first-order valence-electron chi connectivity index (χ1n) is 8.29. The van der Waals surface area contributed by atoms with Gasteiger partial charge in [0.25, 0.3) is 5.91 Å². The molecule has 0 aromatic carbocycles. The predicted octanol–water partition coefficient (Wildman–Crippen LogP) is 2.32. The highest BCUT2D eigenvalue weighted by Gasteiger charge is 2.22. The van der Waals surface area contributed by atoms with Crippen molar-refractivity contribution in [2.24, 2.45) is 7.05 Å². The summed E-state index contributed by atoms with van der Waals surface area (Å²) < 4.78 is 3.82. The predicted molar refractivity (Wildman–Crippen MR) is 88.4 cm³/mol. The van der Waals surface area contributed by atoms with E-state index in [1.54, 1.807) is 6.20 Å². The molecule has 1 amide bonds. The molecule has 0 spiro atoms. The van der Waals surface area contributed by atoms with Crippen LogP contribution in [0.3, 0.4) is 0 Å². The van der Waals surface area contributed by atoms with Crippen LogP contribution in [0.1, 0.15) is 59.5 Å². The average molecular weight is 315 g/mol. The summed E-state index contributed by atoms with van der Waals surface area (Å²) >= 11 is 0. The monoisotopic (exact) mass is 315 g/mol. The van der Waals surface area contributed by atoms with Gasteiger partial charge in [-0.3, -0.25) is 14.2 Å². The maximum absolute atomic E-state index is 12.4. The molecule has 1 aliphatic rings. The Balaban J connectivity index is 1.61. The molecule has 2 aromatic heterocycles. The molecule has 0 aliphatic heterocycles. The van der Waals surface area contributed by atoms with Crippen LogP contribution in [0.15, 0.2) is 12.4 Å². The fourth-order valence-electron chi connectivity index (χ4n) is 3.08. The van der Waals surface area contributed by atoms with Gasteiger partial charge in [-0.05, 0) is 52.0 Å². The van der Waals surface area contributed by atoms with Crippen LogP contribution in [0, 0.1) is 13.8 Å². The fourth-order valence-corrected chi connectivity index (χ4v) is 3.08. The lowest BCUT2D eigenvalue weighted by Crippen LogP contribution is -2.34. The quantitative estimate of drug-likeness (QED) is 0.921. The zero-order valence-corrected chi connectivity index (χ0v) is 14.3. The van der Waals surface area contributed by atoms with E-state index in [0.29, 0.717) is 11.6 Å². The summed E-state index contributed by atoms with van der Waals surface area (Å²) in [5.41, 5.74) is 4.04. The maximum Gasteiger partial charge on any atom is 0.254 e. The standard InChI is InChI=1S/C17H25N5O/c1-11(8-16-12(2)20-21(4)13(16)3)19-17(23)14-9-18-22(10-14)15-6-5-7-15/h9-11,15H,5-8H2,1-4H3,(H,19,23). The lowest BCUT2D eigenvalue weighted by atomic mass is 9.93. The molecule has 2 aromatic rings. The van der Waals surface area contributed by atoms with E-state index in [1.807, 2.05) is 36.5 Å². The van der Waals surface area contributed by atoms with Crippen molar-refractivity contribution < 1.29 is 4.79 Å². The number of amides is 1. The maximum atomic E-state index is 12.4. The molecule has 1 unspecified atom stereocenters. The van der Waals surface area contributed by atoms with Crippen molar-refractivity contribution in [3.8, 4) is 0 Å². The zero-order chi connectivity index (χ0) is 16.6. The summed E-state index contributed by atoms with van der Waals surface area (Å²) in [7, 11) is 1.95. The first-order valence-corrected chi connectivity index (χ1v) is 8.29. The van der Waals surface area contributed by atoms with Gasteiger partial charge in [0.15, 0.2) is 0 Å². The van der Waals surface area contributed by atoms with Crippen LogP contribution in [0.5, 0.6) is 0 Å². The highest BCUT2D eigenvalue weighted by molar-refractivity contribution is 5.93. The van der Waals surface area contributed by atoms with Crippen molar-refractivity contribution in [1.29, 1.82) is 0 Å². The fraction of sp³-hybridized carbons (Fsp3) is 0.588. The van der Waals surface area contributed by atoms with Crippen LogP contribution in [-0.4, -0.2) is 31.5 Å². The molecule has 1 N–H and O–H groups in total. The molecular formula is C17H25N5O. The molecule has 6 heteroatoms. The Hall–Kier alpha value is -2.11. The Morgan fingerprint density at radius 3 is 2.74 bits per heavy atom. The third-order valence-electron chi connectivity index (χ3n) is 4.86. The van der Waals surface area contributed by atoms with Crippen LogP contribution in [-0.2, 0) is 13.5 Å². The normalized spacial score (nSPS) is 16.2. The van der Waals surface area contributed by atoms with Crippen LogP contribution in [0.2, 0.25) is 0 Å². The lowest BCUT2D eigenvalue weighted by molar-refractivity contribution is 0.0939. The van der Waals surface area contributed by atoms with Crippen LogP contribution >= 0.6 is 0 Å². The van der Waals surface area contributed by atoms with Gasteiger partial charge in [-0.15, -0.1) is 0 Å². The molecule has 0 saturated heterocycles. The number of nitrogens with one attached hydrogen (secondary N) is 1. The van der Waals surface area contributed by atoms with Crippen molar-refractivity contribution >= 4 is 5.91 Å². The van der Waals surface area contributed by atoms with Gasteiger partial charge < -0.3 is 5.32 Å². The van der Waals surface area contributed by atoms with Gasteiger partial charge >= 0.3 is 0 Å². The van der Waals surface area contributed by atoms with E-state index in [4.69, 9.17) is 0 Å². The molecule has 6 nitrogen and oxygen atoms in total. The summed E-state index contributed by atoms with van der Waals surface area (Å²) in [5.74, 6) is -0.0535. The first kappa shape index (κ1) is 15.8. The average Bonchev–Trinajstić information content (AvgIpc) is 2.98. The third-order valence-corrected chi connectivity index (χ3v) is 4.86. The SMILES string of the molecule is Cc1nn(C)c(C)c1CC(C)NC(=O)c1cnn(C2CCC2)c1. The second-order valence-electron chi connectivity index (χ2n) is 6.65. The van der Waals surface area contributed by atoms with E-state index >= 15 is 0 Å². The van der Waals surface area contributed by atoms with Crippen molar-refractivity contribution in [1.82, 2.24) is 24.9 Å². The van der Waals surface area contributed by atoms with E-state index in [9.17, 15) is 4.79 Å². The van der Waals surface area contributed by atoms with Gasteiger partial charge in [-0.25, -0.2) is 0 Å². The minimum Gasteiger partial charge on any atom is -0.349 e. The van der Waals surface area contributed by atoms with Crippen molar-refractivity contribution in [3.05, 3.63) is 34.9 Å². The van der Waals surface area contributed by atoms with Crippen molar-refractivity contribution in [3.63, 3.8) is 0 Å². The Labute approximate surface area is 136 Å². The summed E-state index contributed by atoms with van der Waals surface area (Å²) in [6.07, 6.45) is 7.91. The second kappa shape index (κ2) is 6.18. The van der Waals surface area contributed by atoms with E-state index in [1.165, 1.54) is 24.8 Å². The number of carbonyl (C=O) groups excluding carboxylic acids is 1. The van der Waals surface area contributed by atoms with E-state index in [-0.39, 0.29) is 11.9 Å². The Kier molecular flexibility index (Phi) is 4.24. The molecule has 124 valence electrons. The van der Waals surface area contributed by atoms with Gasteiger partial charge in [0.1, 0.15) is 0 Å². The molecule has 1 atom stereocenters. The highest BCUT2D eigenvalue weighted by atomic mass is 16.1. The van der Waals surface area contributed by atoms with Gasteiger partial charge in [0.05, 0.1) is 23.5 Å².